The maximum atomic E-state index is 11.8. The first-order valence-corrected chi connectivity index (χ1v) is 6.13. The number of Topliss-reactive ketones (excluding diaryl/α,β-unsaturated/α-hetero) is 1. The van der Waals surface area contributed by atoms with Crippen molar-refractivity contribution in [2.24, 2.45) is 0 Å². The summed E-state index contributed by atoms with van der Waals surface area (Å²) in [5.74, 6) is -1.20. The Morgan fingerprint density at radius 1 is 1.16 bits per heavy atom. The molecule has 5 heteroatoms. The second kappa shape index (κ2) is 5.71. The highest BCUT2D eigenvalue weighted by Crippen LogP contribution is 2.22. The second-order valence-electron chi connectivity index (χ2n) is 4.07. The Morgan fingerprint density at radius 2 is 1.84 bits per heavy atom. The lowest BCUT2D eigenvalue weighted by molar-refractivity contribution is -0.136. The summed E-state index contributed by atoms with van der Waals surface area (Å²) in [7, 11) is 0. The molecule has 0 amide bonds. The molecule has 0 aliphatic heterocycles. The Morgan fingerprint density at radius 3 is 2.42 bits per heavy atom. The summed E-state index contributed by atoms with van der Waals surface area (Å²) in [6, 6.07) is 8.73. The van der Waals surface area contributed by atoms with Crippen molar-refractivity contribution in [3.8, 4) is 5.69 Å². The molecule has 2 rings (SSSR count). The van der Waals surface area contributed by atoms with Gasteiger partial charge < -0.3 is 9.67 Å². The van der Waals surface area contributed by atoms with Crippen molar-refractivity contribution in [1.29, 1.82) is 0 Å². The van der Waals surface area contributed by atoms with Gasteiger partial charge in [-0.05, 0) is 30.3 Å². The zero-order chi connectivity index (χ0) is 13.8. The van der Waals surface area contributed by atoms with Gasteiger partial charge in [0.1, 0.15) is 0 Å². The molecule has 1 N–H and O–H groups in total. The van der Waals surface area contributed by atoms with E-state index in [1.807, 2.05) is 29.1 Å². The number of hydrogen-bond donors (Lipinski definition) is 1. The molecule has 0 aliphatic carbocycles. The van der Waals surface area contributed by atoms with Crippen LogP contribution in [-0.4, -0.2) is 21.4 Å². The number of ketones is 1. The van der Waals surface area contributed by atoms with Gasteiger partial charge in [-0.1, -0.05) is 11.6 Å². The Labute approximate surface area is 115 Å². The lowest BCUT2D eigenvalue weighted by Crippen LogP contribution is -2.04. The van der Waals surface area contributed by atoms with Crippen LogP contribution >= 0.6 is 11.6 Å². The molecule has 0 radical (unpaired) electrons. The molecular weight excluding hydrogens is 266 g/mol. The van der Waals surface area contributed by atoms with E-state index in [4.69, 9.17) is 16.7 Å². The number of aliphatic carboxylic acids is 1. The molecule has 19 heavy (non-hydrogen) atoms. The fourth-order valence-corrected chi connectivity index (χ4v) is 2.03. The molecule has 0 atom stereocenters. The molecule has 0 saturated carbocycles. The van der Waals surface area contributed by atoms with Gasteiger partial charge >= 0.3 is 5.97 Å². The van der Waals surface area contributed by atoms with Crippen molar-refractivity contribution in [3.05, 3.63) is 53.3 Å². The summed E-state index contributed by atoms with van der Waals surface area (Å²) >= 11 is 6.14. The van der Waals surface area contributed by atoms with Crippen LogP contribution in [0, 0.1) is 0 Å². The molecule has 0 unspecified atom stereocenters. The number of rotatable bonds is 5. The second-order valence-corrected chi connectivity index (χ2v) is 4.48. The molecule has 2 aromatic rings. The van der Waals surface area contributed by atoms with Gasteiger partial charge in [-0.25, -0.2) is 0 Å². The van der Waals surface area contributed by atoms with Gasteiger partial charge in [0.05, 0.1) is 17.1 Å². The minimum Gasteiger partial charge on any atom is -0.481 e. The molecule has 0 saturated heterocycles. The highest BCUT2D eigenvalue weighted by molar-refractivity contribution is 6.32. The number of benzene rings is 1. The third-order valence-electron chi connectivity index (χ3n) is 2.72. The highest BCUT2D eigenvalue weighted by atomic mass is 35.5. The predicted molar refractivity (Wildman–Crippen MR) is 72.0 cm³/mol. The first kappa shape index (κ1) is 13.4. The zero-order valence-electron chi connectivity index (χ0n) is 10.0. The lowest BCUT2D eigenvalue weighted by Gasteiger charge is -2.07. The first-order chi connectivity index (χ1) is 9.08. The predicted octanol–water partition coefficient (Wildman–Crippen LogP) is 3.18. The monoisotopic (exact) mass is 277 g/mol. The van der Waals surface area contributed by atoms with Gasteiger partial charge in [0, 0.05) is 24.4 Å². The molecule has 0 aliphatic rings. The molecular formula is C14H12ClNO3. The maximum Gasteiger partial charge on any atom is 0.303 e. The lowest BCUT2D eigenvalue weighted by atomic mass is 10.1. The normalized spacial score (nSPS) is 10.4. The third-order valence-corrected chi connectivity index (χ3v) is 3.02. The van der Waals surface area contributed by atoms with Crippen LogP contribution in [-0.2, 0) is 4.79 Å². The van der Waals surface area contributed by atoms with Crippen LogP contribution in [0.1, 0.15) is 23.2 Å². The van der Waals surface area contributed by atoms with Crippen molar-refractivity contribution in [1.82, 2.24) is 4.57 Å². The van der Waals surface area contributed by atoms with Gasteiger partial charge in [-0.2, -0.15) is 0 Å². The van der Waals surface area contributed by atoms with Crippen LogP contribution < -0.4 is 0 Å². The van der Waals surface area contributed by atoms with Crippen LogP contribution in [0.5, 0.6) is 0 Å². The van der Waals surface area contributed by atoms with E-state index in [0.717, 1.165) is 5.69 Å². The summed E-state index contributed by atoms with van der Waals surface area (Å²) in [5, 5.41) is 9.01. The van der Waals surface area contributed by atoms with Gasteiger partial charge in [0.2, 0.25) is 0 Å². The van der Waals surface area contributed by atoms with Crippen LogP contribution in [0.25, 0.3) is 5.69 Å². The summed E-state index contributed by atoms with van der Waals surface area (Å²) in [6.45, 7) is 0. The topological polar surface area (TPSA) is 59.3 Å². The van der Waals surface area contributed by atoms with Crippen molar-refractivity contribution >= 4 is 23.4 Å². The van der Waals surface area contributed by atoms with Gasteiger partial charge in [0.25, 0.3) is 0 Å². The Bertz CT molecular complexity index is 605. The minimum absolute atomic E-state index is 0.0193. The van der Waals surface area contributed by atoms with Crippen LogP contribution in [0.4, 0.5) is 0 Å². The Kier molecular flexibility index (Phi) is 4.02. The standard InChI is InChI=1S/C14H12ClNO3/c15-11-9-10(13(17)5-6-14(18)19)3-4-12(11)16-7-1-2-8-16/h1-4,7-9H,5-6H2,(H,18,19). The average molecular weight is 278 g/mol. The number of halogens is 1. The number of carboxylic acid groups (broad SMARTS) is 1. The number of hydrogen-bond acceptors (Lipinski definition) is 2. The van der Waals surface area contributed by atoms with Crippen molar-refractivity contribution < 1.29 is 14.7 Å². The molecule has 1 aromatic heterocycles. The number of nitrogens with zero attached hydrogens (tertiary/aromatic N) is 1. The van der Waals surface area contributed by atoms with E-state index in [9.17, 15) is 9.59 Å². The number of carbonyl (C=O) groups excluding carboxylic acids is 1. The van der Waals surface area contributed by atoms with Crippen LogP contribution in [0.3, 0.4) is 0 Å². The van der Waals surface area contributed by atoms with E-state index >= 15 is 0 Å². The van der Waals surface area contributed by atoms with E-state index in [2.05, 4.69) is 0 Å². The Hall–Kier alpha value is -2.07. The smallest absolute Gasteiger partial charge is 0.303 e. The first-order valence-electron chi connectivity index (χ1n) is 5.76. The third kappa shape index (κ3) is 3.23. The summed E-state index contributed by atoms with van der Waals surface area (Å²) in [5.41, 5.74) is 1.21. The van der Waals surface area contributed by atoms with E-state index in [0.29, 0.717) is 10.6 Å². The molecule has 0 fully saturated rings. The largest absolute Gasteiger partial charge is 0.481 e. The fraction of sp³-hybridized carbons (Fsp3) is 0.143. The molecule has 0 bridgehead atoms. The van der Waals surface area contributed by atoms with E-state index in [1.165, 1.54) is 0 Å². The Balaban J connectivity index is 2.19. The summed E-state index contributed by atoms with van der Waals surface area (Å²) in [4.78, 5) is 22.2. The van der Waals surface area contributed by atoms with Gasteiger partial charge in [0.15, 0.2) is 5.78 Å². The van der Waals surface area contributed by atoms with Crippen molar-refractivity contribution in [2.75, 3.05) is 0 Å². The zero-order valence-corrected chi connectivity index (χ0v) is 10.8. The quantitative estimate of drug-likeness (QED) is 0.854. The maximum absolute atomic E-state index is 11.8. The molecule has 0 spiro atoms. The van der Waals surface area contributed by atoms with E-state index < -0.39 is 5.97 Å². The molecule has 1 aromatic carbocycles. The fourth-order valence-electron chi connectivity index (χ4n) is 1.75. The number of carbonyl (C=O) groups is 2. The molecule has 4 nitrogen and oxygen atoms in total. The summed E-state index contributed by atoms with van der Waals surface area (Å²) in [6.07, 6.45) is 3.52. The summed E-state index contributed by atoms with van der Waals surface area (Å²) < 4.78 is 1.84. The highest BCUT2D eigenvalue weighted by Gasteiger charge is 2.11. The average Bonchev–Trinajstić information content (AvgIpc) is 2.89. The van der Waals surface area contributed by atoms with Crippen LogP contribution in [0.2, 0.25) is 5.02 Å². The van der Waals surface area contributed by atoms with Crippen molar-refractivity contribution in [3.63, 3.8) is 0 Å². The van der Waals surface area contributed by atoms with Gasteiger partial charge in [-0.15, -0.1) is 0 Å². The molecule has 98 valence electrons. The number of carboxylic acids is 1. The van der Waals surface area contributed by atoms with Crippen molar-refractivity contribution in [2.45, 2.75) is 12.8 Å². The number of aromatic nitrogens is 1. The SMILES string of the molecule is O=C(O)CCC(=O)c1ccc(-n2cccc2)c(Cl)c1. The van der Waals surface area contributed by atoms with E-state index in [-0.39, 0.29) is 18.6 Å². The minimum atomic E-state index is -0.983. The van der Waals surface area contributed by atoms with E-state index in [1.54, 1.807) is 18.2 Å². The molecule has 1 heterocycles. The van der Waals surface area contributed by atoms with Gasteiger partial charge in [-0.3, -0.25) is 9.59 Å². The van der Waals surface area contributed by atoms with Crippen LogP contribution in [0.15, 0.2) is 42.7 Å².